The van der Waals surface area contributed by atoms with Crippen LogP contribution in [0.3, 0.4) is 0 Å². The van der Waals surface area contributed by atoms with Crippen LogP contribution >= 0.6 is 23.2 Å². The minimum atomic E-state index is -0.820. The molecule has 0 atom stereocenters. The van der Waals surface area contributed by atoms with Gasteiger partial charge in [-0.05, 0) is 54.3 Å². The number of amides is 4. The largest absolute Gasteiger partial charge is 0.371 e. The number of fused-ring (bicyclic) bond motifs is 1. The molecule has 1 fully saturated rings. The number of carbonyl (C=O) groups is 3. The van der Waals surface area contributed by atoms with Gasteiger partial charge in [-0.25, -0.2) is 9.69 Å². The van der Waals surface area contributed by atoms with E-state index >= 15 is 0 Å². The molecule has 8 heteroatoms. The predicted molar refractivity (Wildman–Crippen MR) is 118 cm³/mol. The summed E-state index contributed by atoms with van der Waals surface area (Å²) in [6, 6.07) is 11.5. The fourth-order valence-corrected chi connectivity index (χ4v) is 4.08. The number of rotatable bonds is 5. The van der Waals surface area contributed by atoms with Crippen molar-refractivity contribution in [2.45, 2.75) is 12.8 Å². The summed E-state index contributed by atoms with van der Waals surface area (Å²) in [7, 11) is 0. The number of imide groups is 2. The van der Waals surface area contributed by atoms with E-state index in [4.69, 9.17) is 23.2 Å². The minimum Gasteiger partial charge on any atom is -0.371 e. The van der Waals surface area contributed by atoms with Crippen LogP contribution in [0.1, 0.15) is 17.5 Å². The highest BCUT2D eigenvalue weighted by molar-refractivity contribution is 6.42. The van der Waals surface area contributed by atoms with Gasteiger partial charge in [0, 0.05) is 24.7 Å². The van der Waals surface area contributed by atoms with Crippen LogP contribution in [0.2, 0.25) is 5.02 Å². The Kier molecular flexibility index (Phi) is 5.79. The van der Waals surface area contributed by atoms with E-state index in [1.165, 1.54) is 6.08 Å². The Hall–Kier alpha value is -2.83. The number of alkyl halides is 1. The second-order valence-corrected chi connectivity index (χ2v) is 7.86. The Balaban J connectivity index is 1.65. The van der Waals surface area contributed by atoms with Gasteiger partial charge >= 0.3 is 6.03 Å². The molecule has 2 heterocycles. The molecule has 0 spiro atoms. The van der Waals surface area contributed by atoms with Gasteiger partial charge in [0.05, 0.1) is 10.7 Å². The first-order valence-corrected chi connectivity index (χ1v) is 10.5. The molecule has 4 amide bonds. The third kappa shape index (κ3) is 3.80. The van der Waals surface area contributed by atoms with Crippen molar-refractivity contribution in [1.82, 2.24) is 5.32 Å². The first-order valence-electron chi connectivity index (χ1n) is 9.59. The molecule has 2 aliphatic heterocycles. The Morgan fingerprint density at radius 1 is 1.07 bits per heavy atom. The van der Waals surface area contributed by atoms with Crippen molar-refractivity contribution in [3.05, 3.63) is 64.2 Å². The van der Waals surface area contributed by atoms with Gasteiger partial charge in [0.25, 0.3) is 11.8 Å². The Labute approximate surface area is 184 Å². The molecule has 0 radical (unpaired) electrons. The summed E-state index contributed by atoms with van der Waals surface area (Å²) in [6.45, 7) is 1.81. The molecule has 4 rings (SSSR count). The lowest BCUT2D eigenvalue weighted by Gasteiger charge is -2.27. The van der Waals surface area contributed by atoms with Crippen LogP contribution in [0.5, 0.6) is 0 Å². The smallest absolute Gasteiger partial charge is 0.335 e. The van der Waals surface area contributed by atoms with Crippen molar-refractivity contribution >= 4 is 58.5 Å². The molecule has 2 aromatic rings. The van der Waals surface area contributed by atoms with Gasteiger partial charge in [0.1, 0.15) is 5.57 Å². The molecule has 0 unspecified atom stereocenters. The molecule has 0 aliphatic carbocycles. The summed E-state index contributed by atoms with van der Waals surface area (Å²) >= 11 is 12.0. The number of anilines is 2. The van der Waals surface area contributed by atoms with Gasteiger partial charge in [-0.2, -0.15) is 0 Å². The lowest BCUT2D eigenvalue weighted by molar-refractivity contribution is -0.122. The van der Waals surface area contributed by atoms with Crippen molar-refractivity contribution in [2.75, 3.05) is 28.8 Å². The fourth-order valence-electron chi connectivity index (χ4n) is 3.74. The average Bonchev–Trinajstić information content (AvgIpc) is 3.13. The van der Waals surface area contributed by atoms with E-state index in [-0.39, 0.29) is 16.3 Å². The van der Waals surface area contributed by atoms with E-state index in [9.17, 15) is 14.4 Å². The highest BCUT2D eigenvalue weighted by Crippen LogP contribution is 2.31. The van der Waals surface area contributed by atoms with Gasteiger partial charge < -0.3 is 4.90 Å². The molecule has 154 valence electrons. The molecule has 1 saturated heterocycles. The summed E-state index contributed by atoms with van der Waals surface area (Å²) in [5.74, 6) is -0.813. The number of halogens is 2. The Morgan fingerprint density at radius 2 is 1.87 bits per heavy atom. The lowest BCUT2D eigenvalue weighted by Crippen LogP contribution is -2.54. The number of barbiturate groups is 1. The minimum absolute atomic E-state index is 0.119. The monoisotopic (exact) mass is 443 g/mol. The third-order valence-corrected chi connectivity index (χ3v) is 5.75. The van der Waals surface area contributed by atoms with Crippen LogP contribution in [0.25, 0.3) is 6.08 Å². The van der Waals surface area contributed by atoms with E-state index in [1.54, 1.807) is 24.3 Å². The van der Waals surface area contributed by atoms with Gasteiger partial charge in [0.15, 0.2) is 0 Å². The molecule has 1 N–H and O–H groups in total. The zero-order chi connectivity index (χ0) is 21.3. The van der Waals surface area contributed by atoms with Crippen molar-refractivity contribution in [3.8, 4) is 0 Å². The number of nitrogens with one attached hydrogen (secondary N) is 1. The number of hydrogen-bond donors (Lipinski definition) is 1. The molecular weight excluding hydrogens is 425 g/mol. The van der Waals surface area contributed by atoms with E-state index in [2.05, 4.69) is 10.2 Å². The van der Waals surface area contributed by atoms with Crippen molar-refractivity contribution in [1.29, 1.82) is 0 Å². The van der Waals surface area contributed by atoms with Gasteiger partial charge in [-0.3, -0.25) is 14.9 Å². The summed E-state index contributed by atoms with van der Waals surface area (Å²) in [5.41, 5.74) is 3.13. The van der Waals surface area contributed by atoms with Crippen molar-refractivity contribution in [3.63, 3.8) is 0 Å². The topological polar surface area (TPSA) is 69.7 Å². The quantitative estimate of drug-likeness (QED) is 0.430. The van der Waals surface area contributed by atoms with E-state index < -0.39 is 17.8 Å². The number of urea groups is 1. The lowest BCUT2D eigenvalue weighted by atomic mass is 10.0. The molecule has 0 aromatic heterocycles. The van der Waals surface area contributed by atoms with Crippen molar-refractivity contribution < 1.29 is 14.4 Å². The van der Waals surface area contributed by atoms with Gasteiger partial charge in [0.2, 0.25) is 0 Å². The first-order chi connectivity index (χ1) is 14.5. The standard InChI is InChI=1S/C22H19Cl2N3O3/c23-9-3-10-26-11-8-15-12-14(6-7-18(15)26)13-16-20(28)25-22(30)27(21(16)29)19-5-2-1-4-17(19)24/h1-2,4-7,12-13H,3,8-11H2,(H,25,28,30). The highest BCUT2D eigenvalue weighted by Gasteiger charge is 2.37. The highest BCUT2D eigenvalue weighted by atomic mass is 35.5. The van der Waals surface area contributed by atoms with Crippen molar-refractivity contribution in [2.24, 2.45) is 0 Å². The molecule has 0 saturated carbocycles. The van der Waals surface area contributed by atoms with Crippen LogP contribution < -0.4 is 15.1 Å². The Bertz CT molecular complexity index is 1070. The van der Waals surface area contributed by atoms with Gasteiger partial charge in [-0.15, -0.1) is 11.6 Å². The maximum Gasteiger partial charge on any atom is 0.335 e. The zero-order valence-corrected chi connectivity index (χ0v) is 17.5. The SMILES string of the molecule is O=C1NC(=O)N(c2ccccc2Cl)C(=O)C1=Cc1ccc2c(c1)CCN2CCCCl. The second kappa shape index (κ2) is 8.50. The van der Waals surface area contributed by atoms with E-state index in [0.29, 0.717) is 5.88 Å². The van der Waals surface area contributed by atoms with Crippen LogP contribution in [0, 0.1) is 0 Å². The maximum absolute atomic E-state index is 13.0. The number of benzene rings is 2. The first kappa shape index (κ1) is 20.4. The van der Waals surface area contributed by atoms with Crippen LogP contribution in [0.4, 0.5) is 16.2 Å². The summed E-state index contributed by atoms with van der Waals surface area (Å²) in [6.07, 6.45) is 3.31. The predicted octanol–water partition coefficient (Wildman–Crippen LogP) is 4.00. The summed E-state index contributed by atoms with van der Waals surface area (Å²) < 4.78 is 0. The normalized spacial score (nSPS) is 17.5. The maximum atomic E-state index is 13.0. The summed E-state index contributed by atoms with van der Waals surface area (Å²) in [5, 5.41) is 2.46. The summed E-state index contributed by atoms with van der Waals surface area (Å²) in [4.78, 5) is 40.9. The third-order valence-electron chi connectivity index (χ3n) is 5.16. The Morgan fingerprint density at radius 3 is 2.63 bits per heavy atom. The number of hydrogen-bond acceptors (Lipinski definition) is 4. The molecular formula is C22H19Cl2N3O3. The average molecular weight is 444 g/mol. The number of nitrogens with zero attached hydrogens (tertiary/aromatic N) is 2. The molecule has 6 nitrogen and oxygen atoms in total. The fraction of sp³-hybridized carbons (Fsp3) is 0.227. The van der Waals surface area contributed by atoms with Gasteiger partial charge in [-0.1, -0.05) is 29.8 Å². The van der Waals surface area contributed by atoms with E-state index in [1.807, 2.05) is 18.2 Å². The zero-order valence-electron chi connectivity index (χ0n) is 16.0. The van der Waals surface area contributed by atoms with Crippen LogP contribution in [0.15, 0.2) is 48.0 Å². The molecule has 30 heavy (non-hydrogen) atoms. The second-order valence-electron chi connectivity index (χ2n) is 7.08. The number of para-hydroxylation sites is 1. The molecule has 0 bridgehead atoms. The molecule has 2 aromatic carbocycles. The van der Waals surface area contributed by atoms with Crippen LogP contribution in [-0.2, 0) is 16.0 Å². The van der Waals surface area contributed by atoms with E-state index in [0.717, 1.165) is 47.6 Å². The van der Waals surface area contributed by atoms with Crippen LogP contribution in [-0.4, -0.2) is 36.8 Å². The molecule has 2 aliphatic rings. The number of carbonyl (C=O) groups excluding carboxylic acids is 3.